The molecule has 2 N–H and O–H groups in total. The van der Waals surface area contributed by atoms with Crippen LogP contribution < -0.4 is 20.3 Å². The molecule has 1 fully saturated rings. The molecule has 13 nitrogen and oxygen atoms in total. The molecular formula is C38H40F6N10O3. The van der Waals surface area contributed by atoms with E-state index in [1.807, 2.05) is 24.8 Å². The summed E-state index contributed by atoms with van der Waals surface area (Å²) in [6, 6.07) is 6.38. The third-order valence-electron chi connectivity index (χ3n) is 10.4. The van der Waals surface area contributed by atoms with E-state index >= 15 is 0 Å². The second-order valence-corrected chi connectivity index (χ2v) is 14.2. The van der Waals surface area contributed by atoms with Crippen molar-refractivity contribution in [2.24, 2.45) is 0 Å². The van der Waals surface area contributed by atoms with Crippen molar-refractivity contribution in [3.63, 3.8) is 0 Å². The summed E-state index contributed by atoms with van der Waals surface area (Å²) < 4.78 is 90.9. The first-order valence-corrected chi connectivity index (χ1v) is 18.6. The van der Waals surface area contributed by atoms with Gasteiger partial charge in [-0.25, -0.2) is 19.9 Å². The fourth-order valence-electron chi connectivity index (χ4n) is 7.76. The highest BCUT2D eigenvalue weighted by Gasteiger charge is 2.51. The van der Waals surface area contributed by atoms with Crippen LogP contribution in [0.2, 0.25) is 0 Å². The number of hydrogen-bond donors (Lipinski definition) is 2. The number of amides is 1. The Bertz CT molecular complexity index is 2300. The molecule has 19 heteroatoms. The summed E-state index contributed by atoms with van der Waals surface area (Å²) in [5, 5.41) is 6.34. The number of aromatic nitrogens is 7. The minimum absolute atomic E-state index is 0.0684. The maximum atomic E-state index is 14.6. The third-order valence-corrected chi connectivity index (χ3v) is 10.4. The molecule has 1 aromatic carbocycles. The van der Waals surface area contributed by atoms with E-state index in [0.29, 0.717) is 79.4 Å². The quantitative estimate of drug-likeness (QED) is 0.102. The molecule has 2 unspecified atom stereocenters. The maximum Gasteiger partial charge on any atom is 0.417 e. The van der Waals surface area contributed by atoms with Crippen LogP contribution in [0.3, 0.4) is 0 Å². The summed E-state index contributed by atoms with van der Waals surface area (Å²) in [6.07, 6.45) is -6.96. The monoisotopic (exact) mass is 798 g/mol. The Labute approximate surface area is 322 Å². The fourth-order valence-corrected chi connectivity index (χ4v) is 7.76. The van der Waals surface area contributed by atoms with Crippen LogP contribution in [0.1, 0.15) is 57.2 Å². The van der Waals surface area contributed by atoms with E-state index in [1.165, 1.54) is 29.4 Å². The van der Waals surface area contributed by atoms with Crippen LogP contribution in [-0.2, 0) is 15.7 Å². The smallest absolute Gasteiger partial charge is 0.367 e. The lowest BCUT2D eigenvalue weighted by atomic mass is 10.0. The van der Waals surface area contributed by atoms with E-state index in [9.17, 15) is 35.9 Å². The number of likely N-dealkylation sites (N-methyl/N-ethyl adjacent to an activating group) is 1. The van der Waals surface area contributed by atoms with Crippen LogP contribution in [-0.4, -0.2) is 91.6 Å². The lowest BCUT2D eigenvalue weighted by molar-refractivity contribution is -0.226. The Morgan fingerprint density at radius 2 is 1.75 bits per heavy atom. The first kappa shape index (κ1) is 39.6. The highest BCUT2D eigenvalue weighted by molar-refractivity contribution is 6.01. The number of nitrogens with zero attached hydrogens (tertiary/aromatic N) is 8. The highest BCUT2D eigenvalue weighted by Crippen LogP contribution is 2.41. The van der Waals surface area contributed by atoms with Gasteiger partial charge in [0.05, 0.1) is 30.0 Å². The standard InChI is InChI=1S/C38H40F6N10O3/c1-4-53-32(56)19-52(35-36(53)50-29(18-45-35)24-10-12-28(48-22(24)3)34-46-20-47-51-34)14-6-5-7-15-57-33(38(42,43)44)30-13-8-21(2)54(30)23-9-11-27-25(16-23)26(37(39,40)41)17-31(55)49-27/h9-12,16-18,20-21,30,33H,4-8,13-15,19H2,1-3H3,(H,49,55)(H,46,47,51)/t21-,30?,33?/m0/s1. The molecule has 0 spiro atoms. The van der Waals surface area contributed by atoms with Gasteiger partial charge in [-0.3, -0.25) is 19.6 Å². The molecule has 6 heterocycles. The van der Waals surface area contributed by atoms with Crippen molar-refractivity contribution >= 4 is 34.1 Å². The Balaban J connectivity index is 1.00. The summed E-state index contributed by atoms with van der Waals surface area (Å²) in [6.45, 7) is 6.05. The van der Waals surface area contributed by atoms with Gasteiger partial charge in [-0.15, -0.1) is 0 Å². The molecule has 3 atom stereocenters. The zero-order chi connectivity index (χ0) is 40.6. The average Bonchev–Trinajstić information content (AvgIpc) is 3.83. The number of fused-ring (bicyclic) bond motifs is 2. The van der Waals surface area contributed by atoms with Gasteiger partial charge in [-0.1, -0.05) is 0 Å². The largest absolute Gasteiger partial charge is 0.417 e. The Hall–Kier alpha value is -5.59. The van der Waals surface area contributed by atoms with Gasteiger partial charge in [0, 0.05) is 59.7 Å². The molecule has 0 aliphatic carbocycles. The molecule has 2 aliphatic rings. The lowest BCUT2D eigenvalue weighted by Crippen LogP contribution is -2.50. The number of ether oxygens (including phenoxy) is 1. The number of carbonyl (C=O) groups is 1. The summed E-state index contributed by atoms with van der Waals surface area (Å²) in [7, 11) is 0. The molecule has 0 bridgehead atoms. The van der Waals surface area contributed by atoms with E-state index in [1.54, 1.807) is 24.1 Å². The van der Waals surface area contributed by atoms with Crippen LogP contribution in [0.15, 0.2) is 53.7 Å². The normalized spacial score (nSPS) is 18.1. The summed E-state index contributed by atoms with van der Waals surface area (Å²) in [5.41, 5.74) is 0.560. The molecule has 4 aromatic heterocycles. The molecule has 57 heavy (non-hydrogen) atoms. The number of benzene rings is 1. The molecule has 1 saturated heterocycles. The number of rotatable bonds is 12. The molecular weight excluding hydrogens is 758 g/mol. The minimum Gasteiger partial charge on any atom is -0.367 e. The molecule has 2 aliphatic heterocycles. The average molecular weight is 799 g/mol. The topological polar surface area (TPSA) is 149 Å². The Kier molecular flexibility index (Phi) is 10.9. The summed E-state index contributed by atoms with van der Waals surface area (Å²) in [4.78, 5) is 50.6. The van der Waals surface area contributed by atoms with Crippen molar-refractivity contribution < 1.29 is 35.9 Å². The summed E-state index contributed by atoms with van der Waals surface area (Å²) >= 11 is 0. The van der Waals surface area contributed by atoms with E-state index in [0.717, 1.165) is 5.56 Å². The summed E-state index contributed by atoms with van der Waals surface area (Å²) in [5.74, 6) is 1.29. The van der Waals surface area contributed by atoms with Crippen molar-refractivity contribution in [1.82, 2.24) is 35.1 Å². The fraction of sp³-hybridized carbons (Fsp3) is 0.447. The van der Waals surface area contributed by atoms with Crippen molar-refractivity contribution in [3.05, 3.63) is 70.5 Å². The number of aromatic amines is 2. The number of aryl methyl sites for hydroxylation is 1. The van der Waals surface area contributed by atoms with Gasteiger partial charge in [0.25, 0.3) is 0 Å². The number of nitrogens with one attached hydrogen (secondary N) is 2. The predicted molar refractivity (Wildman–Crippen MR) is 200 cm³/mol. The van der Waals surface area contributed by atoms with Gasteiger partial charge in [-0.05, 0) is 83.2 Å². The van der Waals surface area contributed by atoms with E-state index in [4.69, 9.17) is 14.7 Å². The number of alkyl halides is 6. The van der Waals surface area contributed by atoms with Crippen LogP contribution in [0.4, 0.5) is 43.7 Å². The van der Waals surface area contributed by atoms with Gasteiger partial charge >= 0.3 is 12.4 Å². The molecule has 7 rings (SSSR count). The first-order chi connectivity index (χ1) is 27.1. The van der Waals surface area contributed by atoms with Crippen molar-refractivity contribution in [1.29, 1.82) is 0 Å². The van der Waals surface area contributed by atoms with Crippen molar-refractivity contribution in [2.45, 2.75) is 83.4 Å². The second-order valence-electron chi connectivity index (χ2n) is 14.2. The number of H-pyrrole nitrogens is 2. The number of hydrogen-bond acceptors (Lipinski definition) is 10. The van der Waals surface area contributed by atoms with Gasteiger partial charge in [0.2, 0.25) is 11.5 Å². The van der Waals surface area contributed by atoms with Crippen molar-refractivity contribution in [2.75, 3.05) is 40.9 Å². The first-order valence-electron chi connectivity index (χ1n) is 18.6. The van der Waals surface area contributed by atoms with Crippen LogP contribution in [0.25, 0.3) is 33.7 Å². The third kappa shape index (κ3) is 8.15. The Morgan fingerprint density at radius 3 is 2.46 bits per heavy atom. The SMILES string of the molecule is CCN1C(=O)CN(CCCCCOC(C2CC[C@H](C)N2c2ccc3[nH]c(=O)cc(C(F)(F)F)c3c2)C(F)(F)F)c2ncc(-c3ccc(-c4ncn[nH]4)nc3C)nc21. The number of carbonyl (C=O) groups excluding carboxylic acids is 1. The molecule has 0 radical (unpaired) electrons. The van der Waals surface area contributed by atoms with Gasteiger partial charge in [0.15, 0.2) is 23.6 Å². The molecule has 5 aromatic rings. The highest BCUT2D eigenvalue weighted by atomic mass is 19.4. The van der Waals surface area contributed by atoms with Gasteiger partial charge in [0.1, 0.15) is 12.0 Å². The van der Waals surface area contributed by atoms with Gasteiger partial charge < -0.3 is 19.5 Å². The predicted octanol–water partition coefficient (Wildman–Crippen LogP) is 6.84. The van der Waals surface area contributed by atoms with E-state index in [2.05, 4.69) is 25.1 Å². The minimum atomic E-state index is -4.84. The zero-order valence-corrected chi connectivity index (χ0v) is 31.3. The van der Waals surface area contributed by atoms with Crippen LogP contribution >= 0.6 is 0 Å². The second kappa shape index (κ2) is 15.7. The van der Waals surface area contributed by atoms with E-state index < -0.39 is 41.7 Å². The van der Waals surface area contributed by atoms with Gasteiger partial charge in [-0.2, -0.15) is 31.4 Å². The Morgan fingerprint density at radius 1 is 0.947 bits per heavy atom. The van der Waals surface area contributed by atoms with Crippen LogP contribution in [0.5, 0.6) is 0 Å². The van der Waals surface area contributed by atoms with Crippen molar-refractivity contribution in [3.8, 4) is 22.8 Å². The number of halogens is 6. The molecule has 0 saturated carbocycles. The van der Waals surface area contributed by atoms with Crippen LogP contribution in [0, 0.1) is 6.92 Å². The van der Waals surface area contributed by atoms with E-state index in [-0.39, 0.29) is 42.1 Å². The zero-order valence-electron chi connectivity index (χ0n) is 31.3. The number of pyridine rings is 2. The molecule has 302 valence electrons. The maximum absolute atomic E-state index is 14.6. The number of anilines is 3. The lowest BCUT2D eigenvalue weighted by Gasteiger charge is -2.36. The molecule has 1 amide bonds. The number of unbranched alkanes of at least 4 members (excludes halogenated alkanes) is 2.